The summed E-state index contributed by atoms with van der Waals surface area (Å²) in [7, 11) is -36.0. The molecule has 0 unspecified atom stereocenters. The third-order valence-corrected chi connectivity index (χ3v) is 0. The third kappa shape index (κ3) is 2550000. The van der Waals surface area contributed by atoms with Crippen LogP contribution in [0.1, 0.15) is 0 Å². The van der Waals surface area contributed by atoms with Crippen molar-refractivity contribution in [2.45, 2.75) is 0 Å². The summed E-state index contributed by atoms with van der Waals surface area (Å²) in [6.07, 6.45) is 0. The second kappa shape index (κ2) is 19.4. The quantitative estimate of drug-likeness (QED) is 0.184. The molecule has 1 radical (unpaired) electrons. The molecule has 0 atom stereocenters. The molecule has 0 N–H and O–H groups in total. The Labute approximate surface area is 183 Å². The smallest absolute Gasteiger partial charge is 0.418 e. The normalized spacial score (nSPS) is 11.6. The Kier molecular flexibility index (Phi) is 30.2. The minimum atomic E-state index is -6.00. The molecule has 0 fully saturated rings. The van der Waals surface area contributed by atoms with Gasteiger partial charge in [0.25, 0.3) is 0 Å². The summed E-state index contributed by atoms with van der Waals surface area (Å²) >= 11 is 0. The Morgan fingerprint density at radius 2 is 0.161 bits per heavy atom. The molecular formula is B6F24La-6. The molecule has 0 bridgehead atoms. The predicted molar refractivity (Wildman–Crippen MR) is 61.1 cm³/mol. The zero-order valence-electron chi connectivity index (χ0n) is 13.1. The van der Waals surface area contributed by atoms with Crippen LogP contribution >= 0.6 is 0 Å². The van der Waals surface area contributed by atoms with Gasteiger partial charge in [-0.1, -0.05) is 0 Å². The Morgan fingerprint density at radius 1 is 0.161 bits per heavy atom. The van der Waals surface area contributed by atoms with Gasteiger partial charge < -0.3 is 104 Å². The van der Waals surface area contributed by atoms with Crippen LogP contribution in [-0.4, -0.2) is 43.5 Å². The molecule has 0 rings (SSSR count). The van der Waals surface area contributed by atoms with Crippen molar-refractivity contribution in [2.24, 2.45) is 0 Å². The summed E-state index contributed by atoms with van der Waals surface area (Å²) in [4.78, 5) is 0. The fourth-order valence-electron chi connectivity index (χ4n) is 0. The fraction of sp³-hybridized carbons (Fsp3) is 0. The van der Waals surface area contributed by atoms with E-state index in [0.717, 1.165) is 0 Å². The molecule has 0 aromatic heterocycles. The van der Waals surface area contributed by atoms with Crippen molar-refractivity contribution >= 4 is 43.5 Å². The van der Waals surface area contributed by atoms with Crippen molar-refractivity contribution < 1.29 is 139 Å². The van der Waals surface area contributed by atoms with Gasteiger partial charge in [0, 0.05) is 35.6 Å². The van der Waals surface area contributed by atoms with E-state index in [1.54, 1.807) is 0 Å². The van der Waals surface area contributed by atoms with Crippen molar-refractivity contribution in [3.05, 3.63) is 0 Å². The van der Waals surface area contributed by atoms with Crippen LogP contribution in [0.5, 0.6) is 0 Å². The second-order valence-corrected chi connectivity index (χ2v) is 2.97. The SMILES string of the molecule is F[B-](F)(F)F.F[B-](F)(F)F.F[B-](F)(F)F.F[B-](F)(F)F.F[B-](F)(F)F.F[B-](F)(F)F.[La]. The summed E-state index contributed by atoms with van der Waals surface area (Å²) in [5.41, 5.74) is 0. The average molecular weight is 660 g/mol. The van der Waals surface area contributed by atoms with Crippen LogP contribution in [0.4, 0.5) is 104 Å². The van der Waals surface area contributed by atoms with E-state index >= 15 is 0 Å². The van der Waals surface area contributed by atoms with Gasteiger partial charge in [-0.25, -0.2) is 0 Å². The van der Waals surface area contributed by atoms with E-state index in [1.165, 1.54) is 0 Å². The molecule has 31 heteroatoms. The molecule has 0 saturated carbocycles. The number of hydrogen-bond acceptors (Lipinski definition) is 0. The van der Waals surface area contributed by atoms with E-state index in [4.69, 9.17) is 0 Å². The Morgan fingerprint density at radius 3 is 0.161 bits per heavy atom. The minimum absolute atomic E-state index is 0. The summed E-state index contributed by atoms with van der Waals surface area (Å²) < 4.78 is 234. The van der Waals surface area contributed by atoms with Crippen LogP contribution in [-0.2, 0) is 0 Å². The Bertz CT molecular complexity index is 214. The second-order valence-electron chi connectivity index (χ2n) is 2.97. The van der Waals surface area contributed by atoms with Gasteiger partial charge in [-0.05, 0) is 0 Å². The van der Waals surface area contributed by atoms with Crippen molar-refractivity contribution in [1.82, 2.24) is 0 Å². The van der Waals surface area contributed by atoms with Crippen molar-refractivity contribution in [1.29, 1.82) is 0 Å². The van der Waals surface area contributed by atoms with E-state index < -0.39 is 43.5 Å². The first-order chi connectivity index (χ1) is 12.0. The van der Waals surface area contributed by atoms with Gasteiger partial charge in [-0.3, -0.25) is 0 Å². The first-order valence-electron chi connectivity index (χ1n) is 5.24. The van der Waals surface area contributed by atoms with Crippen molar-refractivity contribution in [2.75, 3.05) is 0 Å². The first-order valence-corrected chi connectivity index (χ1v) is 5.24. The zero-order chi connectivity index (χ0) is 27.0. The molecule has 31 heavy (non-hydrogen) atoms. The van der Waals surface area contributed by atoms with Gasteiger partial charge in [0.2, 0.25) is 0 Å². The van der Waals surface area contributed by atoms with E-state index in [9.17, 15) is 104 Å². The molecule has 0 nitrogen and oxygen atoms in total. The standard InChI is InChI=1S/6BF4.La/c6*2-1(3,4)5;/q6*-1;. The maximum atomic E-state index is 9.75. The maximum Gasteiger partial charge on any atom is 0.673 e. The van der Waals surface area contributed by atoms with Crippen LogP contribution in [0.3, 0.4) is 0 Å². The number of rotatable bonds is 0. The fourth-order valence-corrected chi connectivity index (χ4v) is 0. The summed E-state index contributed by atoms with van der Waals surface area (Å²) in [6, 6.07) is 0. The van der Waals surface area contributed by atoms with E-state index in [2.05, 4.69) is 0 Å². The number of halogens is 24. The third-order valence-electron chi connectivity index (χ3n) is 0. The first kappa shape index (κ1) is 48.4. The molecule has 0 aromatic rings. The molecule has 195 valence electrons. The molecule has 0 saturated heterocycles. The molecule has 0 heterocycles. The van der Waals surface area contributed by atoms with Crippen LogP contribution in [0, 0.1) is 35.6 Å². The summed E-state index contributed by atoms with van der Waals surface area (Å²) in [6.45, 7) is 0. The molecule has 0 amide bonds. The van der Waals surface area contributed by atoms with E-state index in [1.807, 2.05) is 0 Å². The van der Waals surface area contributed by atoms with Crippen LogP contribution in [0.25, 0.3) is 0 Å². The number of hydrogen-bond donors (Lipinski definition) is 0. The van der Waals surface area contributed by atoms with Crippen LogP contribution in [0.2, 0.25) is 0 Å². The monoisotopic (exact) mass is 661 g/mol. The van der Waals surface area contributed by atoms with Gasteiger partial charge >= 0.3 is 43.5 Å². The van der Waals surface area contributed by atoms with Gasteiger partial charge in [-0.2, -0.15) is 0 Å². The Hall–Kier alpha value is -0.0956. The van der Waals surface area contributed by atoms with Gasteiger partial charge in [0.05, 0.1) is 0 Å². The molecule has 0 aliphatic carbocycles. The molecule has 0 aliphatic heterocycles. The van der Waals surface area contributed by atoms with Crippen LogP contribution in [0.15, 0.2) is 0 Å². The van der Waals surface area contributed by atoms with Crippen LogP contribution < -0.4 is 0 Å². The molecule has 0 aromatic carbocycles. The zero-order valence-corrected chi connectivity index (χ0v) is 16.7. The summed E-state index contributed by atoms with van der Waals surface area (Å²) in [5, 5.41) is 0. The van der Waals surface area contributed by atoms with Gasteiger partial charge in [0.1, 0.15) is 0 Å². The molecule has 0 aliphatic rings. The molecule has 0 spiro atoms. The van der Waals surface area contributed by atoms with Crippen molar-refractivity contribution in [3.8, 4) is 0 Å². The minimum Gasteiger partial charge on any atom is -0.418 e. The van der Waals surface area contributed by atoms with Crippen molar-refractivity contribution in [3.63, 3.8) is 0 Å². The average Bonchev–Trinajstić information content (AvgIpc) is 1.94. The summed E-state index contributed by atoms with van der Waals surface area (Å²) in [5.74, 6) is 0. The predicted octanol–water partition coefficient (Wildman–Crippen LogP) is 7.80. The maximum absolute atomic E-state index is 9.75. The van der Waals surface area contributed by atoms with E-state index in [-0.39, 0.29) is 35.6 Å². The van der Waals surface area contributed by atoms with E-state index in [0.29, 0.717) is 0 Å². The molecular weight excluding hydrogens is 660 g/mol. The Balaban J connectivity index is -0.0000000443. The van der Waals surface area contributed by atoms with Gasteiger partial charge in [0.15, 0.2) is 0 Å². The largest absolute Gasteiger partial charge is 0.673 e. The van der Waals surface area contributed by atoms with Gasteiger partial charge in [-0.15, -0.1) is 0 Å². The topological polar surface area (TPSA) is 0 Å².